The molecule has 0 radical (unpaired) electrons. The number of aliphatic hydroxyl groups is 1. The largest absolute Gasteiger partial charge is 0.394 e. The van der Waals surface area contributed by atoms with Crippen LogP contribution < -0.4 is 0 Å². The molecule has 0 saturated heterocycles. The van der Waals surface area contributed by atoms with Gasteiger partial charge < -0.3 is 5.11 Å². The molecule has 4 heteroatoms. The van der Waals surface area contributed by atoms with E-state index >= 15 is 0 Å². The van der Waals surface area contributed by atoms with Crippen LogP contribution in [-0.4, -0.2) is 34.8 Å². The number of amides is 1. The fraction of sp³-hybridized carbons (Fsp3) is 0.929. The van der Waals surface area contributed by atoms with Crippen molar-refractivity contribution in [2.24, 2.45) is 5.92 Å². The molecule has 1 fully saturated rings. The molecule has 0 spiro atoms. The van der Waals surface area contributed by atoms with Crippen LogP contribution in [0.3, 0.4) is 0 Å². The summed E-state index contributed by atoms with van der Waals surface area (Å²) < 4.78 is 0. The van der Waals surface area contributed by atoms with E-state index in [1.54, 1.807) is 0 Å². The molecule has 1 aliphatic rings. The molecule has 18 heavy (non-hydrogen) atoms. The molecule has 0 bridgehead atoms. The molecule has 1 atom stereocenters. The predicted molar refractivity (Wildman–Crippen MR) is 70.8 cm³/mol. The van der Waals surface area contributed by atoms with Crippen LogP contribution in [0, 0.1) is 5.92 Å². The van der Waals surface area contributed by atoms with Crippen molar-refractivity contribution in [2.75, 3.05) is 6.61 Å². The second kappa shape index (κ2) is 7.10. The van der Waals surface area contributed by atoms with Crippen molar-refractivity contribution < 1.29 is 14.7 Å². The summed E-state index contributed by atoms with van der Waals surface area (Å²) in [5.41, 5.74) is -0.416. The average Bonchev–Trinajstić information content (AvgIpc) is 2.33. The monoisotopic (exact) mass is 257 g/mol. The lowest BCUT2D eigenvalue weighted by atomic mass is 9.85. The van der Waals surface area contributed by atoms with E-state index in [9.17, 15) is 9.90 Å². The Labute approximate surface area is 110 Å². The summed E-state index contributed by atoms with van der Waals surface area (Å²) in [6.07, 6.45) is 7.79. The third-order valence-electron chi connectivity index (χ3n) is 3.38. The minimum Gasteiger partial charge on any atom is -0.394 e. The molecule has 1 rings (SSSR count). The van der Waals surface area contributed by atoms with Gasteiger partial charge in [0, 0.05) is 0 Å². The standard InChI is InChI=1S/C14H27NO3/c1-14(2,3)18-15(11-17)13(10-16)9-12-7-5-4-6-8-12/h11-13,16H,4-10H2,1-3H3/t13-/m0/s1. The van der Waals surface area contributed by atoms with E-state index in [1.807, 2.05) is 20.8 Å². The molecule has 1 aliphatic carbocycles. The molecule has 0 heterocycles. The van der Waals surface area contributed by atoms with Gasteiger partial charge in [0.2, 0.25) is 6.41 Å². The maximum absolute atomic E-state index is 11.1. The van der Waals surface area contributed by atoms with Gasteiger partial charge in [0.1, 0.15) is 0 Å². The second-order valence-electron chi connectivity index (χ2n) is 6.25. The first-order chi connectivity index (χ1) is 8.46. The molecule has 0 unspecified atom stereocenters. The van der Waals surface area contributed by atoms with Crippen LogP contribution in [0.2, 0.25) is 0 Å². The second-order valence-corrected chi connectivity index (χ2v) is 6.25. The highest BCUT2D eigenvalue weighted by Gasteiger charge is 2.26. The number of hydroxylamine groups is 2. The lowest BCUT2D eigenvalue weighted by Gasteiger charge is -2.34. The quantitative estimate of drug-likeness (QED) is 0.587. The van der Waals surface area contributed by atoms with E-state index in [4.69, 9.17) is 4.84 Å². The maximum atomic E-state index is 11.1. The van der Waals surface area contributed by atoms with E-state index in [0.29, 0.717) is 12.3 Å². The predicted octanol–water partition coefficient (Wildman–Crippen LogP) is 2.51. The highest BCUT2D eigenvalue weighted by Crippen LogP contribution is 2.28. The lowest BCUT2D eigenvalue weighted by molar-refractivity contribution is -0.238. The third-order valence-corrected chi connectivity index (χ3v) is 3.38. The number of nitrogens with zero attached hydrogens (tertiary/aromatic N) is 1. The zero-order valence-electron chi connectivity index (χ0n) is 11.9. The van der Waals surface area contributed by atoms with E-state index < -0.39 is 5.60 Å². The van der Waals surface area contributed by atoms with Gasteiger partial charge in [-0.1, -0.05) is 32.1 Å². The fourth-order valence-electron chi connectivity index (χ4n) is 2.56. The fourth-order valence-corrected chi connectivity index (χ4v) is 2.56. The Hall–Kier alpha value is -0.610. The Bertz CT molecular complexity index is 244. The van der Waals surface area contributed by atoms with Gasteiger partial charge >= 0.3 is 0 Å². The van der Waals surface area contributed by atoms with Gasteiger partial charge in [-0.2, -0.15) is 0 Å². The number of carbonyl (C=O) groups excluding carboxylic acids is 1. The summed E-state index contributed by atoms with van der Waals surface area (Å²) in [5.74, 6) is 0.613. The minimum absolute atomic E-state index is 0.0364. The van der Waals surface area contributed by atoms with Gasteiger partial charge in [-0.15, -0.1) is 0 Å². The Morgan fingerprint density at radius 2 is 1.94 bits per heavy atom. The molecular formula is C14H27NO3. The number of carbonyl (C=O) groups is 1. The van der Waals surface area contributed by atoms with Crippen molar-refractivity contribution in [3.63, 3.8) is 0 Å². The number of aliphatic hydroxyl groups excluding tert-OH is 1. The van der Waals surface area contributed by atoms with Crippen LogP contribution in [0.5, 0.6) is 0 Å². The average molecular weight is 257 g/mol. The van der Waals surface area contributed by atoms with Gasteiger partial charge in [0.25, 0.3) is 0 Å². The van der Waals surface area contributed by atoms with E-state index in [2.05, 4.69) is 0 Å². The molecule has 1 amide bonds. The first-order valence-corrected chi connectivity index (χ1v) is 7.00. The summed E-state index contributed by atoms with van der Waals surface area (Å²) in [6, 6.07) is -0.218. The molecule has 0 aliphatic heterocycles. The Balaban J connectivity index is 2.53. The van der Waals surface area contributed by atoms with Gasteiger partial charge in [-0.25, -0.2) is 5.06 Å². The number of hydrogen-bond donors (Lipinski definition) is 1. The van der Waals surface area contributed by atoms with Crippen molar-refractivity contribution in [3.05, 3.63) is 0 Å². The van der Waals surface area contributed by atoms with Crippen molar-refractivity contribution >= 4 is 6.41 Å². The van der Waals surface area contributed by atoms with Crippen molar-refractivity contribution in [1.29, 1.82) is 0 Å². The van der Waals surface area contributed by atoms with Crippen molar-refractivity contribution in [3.8, 4) is 0 Å². The van der Waals surface area contributed by atoms with E-state index in [-0.39, 0.29) is 12.6 Å². The third kappa shape index (κ3) is 5.36. The van der Waals surface area contributed by atoms with Gasteiger partial charge in [0.05, 0.1) is 18.2 Å². The Morgan fingerprint density at radius 1 is 1.33 bits per heavy atom. The SMILES string of the molecule is CC(C)(C)ON(C=O)[C@H](CO)CC1CCCCC1. The van der Waals surface area contributed by atoms with Crippen LogP contribution in [0.4, 0.5) is 0 Å². The van der Waals surface area contributed by atoms with E-state index in [0.717, 1.165) is 6.42 Å². The summed E-state index contributed by atoms with van der Waals surface area (Å²) in [6.45, 7) is 5.67. The summed E-state index contributed by atoms with van der Waals surface area (Å²) in [7, 11) is 0. The number of rotatable bonds is 6. The van der Waals surface area contributed by atoms with Crippen LogP contribution in [0.15, 0.2) is 0 Å². The summed E-state index contributed by atoms with van der Waals surface area (Å²) >= 11 is 0. The van der Waals surface area contributed by atoms with Gasteiger partial charge in [-0.3, -0.25) is 9.63 Å². The molecule has 1 saturated carbocycles. The zero-order valence-corrected chi connectivity index (χ0v) is 11.9. The normalized spacial score (nSPS) is 19.6. The Morgan fingerprint density at radius 3 is 2.39 bits per heavy atom. The zero-order chi connectivity index (χ0) is 13.6. The highest BCUT2D eigenvalue weighted by molar-refractivity contribution is 5.45. The van der Waals surface area contributed by atoms with Gasteiger partial charge in [-0.05, 0) is 33.1 Å². The molecule has 1 N–H and O–H groups in total. The topological polar surface area (TPSA) is 49.8 Å². The first kappa shape index (κ1) is 15.4. The summed E-state index contributed by atoms with van der Waals surface area (Å²) in [5, 5.41) is 10.8. The van der Waals surface area contributed by atoms with Crippen LogP contribution in [0.25, 0.3) is 0 Å². The number of hydrogen-bond acceptors (Lipinski definition) is 3. The van der Waals surface area contributed by atoms with Crippen molar-refractivity contribution in [1.82, 2.24) is 5.06 Å². The summed E-state index contributed by atoms with van der Waals surface area (Å²) in [4.78, 5) is 16.7. The minimum atomic E-state index is -0.416. The van der Waals surface area contributed by atoms with Crippen LogP contribution >= 0.6 is 0 Å². The van der Waals surface area contributed by atoms with Crippen LogP contribution in [0.1, 0.15) is 59.3 Å². The maximum Gasteiger partial charge on any atom is 0.233 e. The molecule has 0 aromatic carbocycles. The molecule has 4 nitrogen and oxygen atoms in total. The molecular weight excluding hydrogens is 230 g/mol. The molecule has 0 aromatic rings. The highest BCUT2D eigenvalue weighted by atomic mass is 16.7. The Kier molecular flexibility index (Phi) is 6.09. The van der Waals surface area contributed by atoms with Crippen LogP contribution in [-0.2, 0) is 9.63 Å². The van der Waals surface area contributed by atoms with Gasteiger partial charge in [0.15, 0.2) is 0 Å². The first-order valence-electron chi connectivity index (χ1n) is 7.00. The molecule has 0 aromatic heterocycles. The smallest absolute Gasteiger partial charge is 0.233 e. The molecule has 106 valence electrons. The lowest BCUT2D eigenvalue weighted by Crippen LogP contribution is -2.43. The van der Waals surface area contributed by atoms with E-state index in [1.165, 1.54) is 37.2 Å². The van der Waals surface area contributed by atoms with Crippen molar-refractivity contribution in [2.45, 2.75) is 70.9 Å².